The zero-order chi connectivity index (χ0) is 10.5. The van der Waals surface area contributed by atoms with Gasteiger partial charge in [0.2, 0.25) is 0 Å². The van der Waals surface area contributed by atoms with Gasteiger partial charge in [-0.3, -0.25) is 0 Å². The molecule has 0 aliphatic heterocycles. The number of benzene rings is 2. The SMILES string of the molecule is [C-]#[N+]c1ccc(Sc2ccccc2)cc1. The molecule has 0 spiro atoms. The molecule has 2 heteroatoms. The molecule has 0 heterocycles. The molecule has 0 saturated carbocycles. The summed E-state index contributed by atoms with van der Waals surface area (Å²) in [6.07, 6.45) is 0. The fourth-order valence-electron chi connectivity index (χ4n) is 1.21. The summed E-state index contributed by atoms with van der Waals surface area (Å²) in [6.45, 7) is 6.85. The van der Waals surface area contributed by atoms with Gasteiger partial charge in [-0.2, -0.15) is 0 Å². The van der Waals surface area contributed by atoms with Crippen LogP contribution in [0.4, 0.5) is 5.69 Å². The van der Waals surface area contributed by atoms with E-state index in [1.165, 1.54) is 4.90 Å². The zero-order valence-corrected chi connectivity index (χ0v) is 8.87. The van der Waals surface area contributed by atoms with Crippen molar-refractivity contribution in [1.29, 1.82) is 0 Å². The second-order valence-corrected chi connectivity index (χ2v) is 4.17. The van der Waals surface area contributed by atoms with E-state index >= 15 is 0 Å². The molecule has 0 radical (unpaired) electrons. The molecule has 0 aliphatic rings. The number of nitrogens with zero attached hydrogens (tertiary/aromatic N) is 1. The van der Waals surface area contributed by atoms with Crippen LogP contribution in [0.15, 0.2) is 64.4 Å². The molecule has 2 aromatic carbocycles. The fraction of sp³-hybridized carbons (Fsp3) is 0. The molecule has 2 rings (SSSR count). The molecule has 0 bridgehead atoms. The molecule has 15 heavy (non-hydrogen) atoms. The first-order valence-corrected chi connectivity index (χ1v) is 5.40. The van der Waals surface area contributed by atoms with Gasteiger partial charge in [0.15, 0.2) is 5.69 Å². The van der Waals surface area contributed by atoms with Gasteiger partial charge in [0.25, 0.3) is 0 Å². The van der Waals surface area contributed by atoms with E-state index < -0.39 is 0 Å². The van der Waals surface area contributed by atoms with E-state index in [4.69, 9.17) is 6.57 Å². The summed E-state index contributed by atoms with van der Waals surface area (Å²) in [5.41, 5.74) is 0.687. The maximum Gasteiger partial charge on any atom is 0.187 e. The number of rotatable bonds is 2. The first-order valence-electron chi connectivity index (χ1n) is 4.59. The average Bonchev–Trinajstić information content (AvgIpc) is 2.31. The molecule has 0 N–H and O–H groups in total. The zero-order valence-electron chi connectivity index (χ0n) is 8.05. The summed E-state index contributed by atoms with van der Waals surface area (Å²) in [7, 11) is 0. The summed E-state index contributed by atoms with van der Waals surface area (Å²) in [6, 6.07) is 17.9. The Morgan fingerprint density at radius 3 is 2.00 bits per heavy atom. The molecular formula is C13H9NS. The van der Waals surface area contributed by atoms with Crippen LogP contribution in [-0.4, -0.2) is 0 Å². The van der Waals surface area contributed by atoms with Crippen molar-refractivity contribution in [2.75, 3.05) is 0 Å². The van der Waals surface area contributed by atoms with E-state index in [0.717, 1.165) is 4.90 Å². The van der Waals surface area contributed by atoms with Crippen LogP contribution in [-0.2, 0) is 0 Å². The molecule has 0 aromatic heterocycles. The average molecular weight is 211 g/mol. The summed E-state index contributed by atoms with van der Waals surface area (Å²) < 4.78 is 0. The fourth-order valence-corrected chi connectivity index (χ4v) is 2.05. The lowest BCUT2D eigenvalue weighted by atomic mass is 10.3. The Bertz CT molecular complexity index is 468. The van der Waals surface area contributed by atoms with Crippen LogP contribution in [0.25, 0.3) is 4.85 Å². The Labute approximate surface area is 93.6 Å². The third kappa shape index (κ3) is 2.61. The second-order valence-electron chi connectivity index (χ2n) is 3.02. The minimum Gasteiger partial charge on any atom is -0.238 e. The molecule has 0 aliphatic carbocycles. The Kier molecular flexibility index (Phi) is 3.06. The van der Waals surface area contributed by atoms with Gasteiger partial charge in [0, 0.05) is 9.79 Å². The Morgan fingerprint density at radius 2 is 1.40 bits per heavy atom. The van der Waals surface area contributed by atoms with Crippen LogP contribution >= 0.6 is 11.8 Å². The van der Waals surface area contributed by atoms with Crippen LogP contribution in [0.5, 0.6) is 0 Å². The van der Waals surface area contributed by atoms with Crippen molar-refractivity contribution < 1.29 is 0 Å². The monoisotopic (exact) mass is 211 g/mol. The van der Waals surface area contributed by atoms with Crippen molar-refractivity contribution in [3.63, 3.8) is 0 Å². The summed E-state index contributed by atoms with van der Waals surface area (Å²) in [5.74, 6) is 0. The Balaban J connectivity index is 2.16. The van der Waals surface area contributed by atoms with Gasteiger partial charge in [-0.1, -0.05) is 54.2 Å². The van der Waals surface area contributed by atoms with Crippen molar-refractivity contribution >= 4 is 17.4 Å². The predicted octanol–water partition coefficient (Wildman–Crippen LogP) is 4.39. The molecule has 0 unspecified atom stereocenters. The van der Waals surface area contributed by atoms with Gasteiger partial charge in [-0.15, -0.1) is 0 Å². The van der Waals surface area contributed by atoms with Crippen molar-refractivity contribution in [3.8, 4) is 0 Å². The van der Waals surface area contributed by atoms with Gasteiger partial charge in [0.05, 0.1) is 6.57 Å². The minimum absolute atomic E-state index is 0.687. The highest BCUT2D eigenvalue weighted by atomic mass is 32.2. The largest absolute Gasteiger partial charge is 0.238 e. The predicted molar refractivity (Wildman–Crippen MR) is 63.3 cm³/mol. The van der Waals surface area contributed by atoms with Gasteiger partial charge >= 0.3 is 0 Å². The van der Waals surface area contributed by atoms with E-state index in [2.05, 4.69) is 17.0 Å². The molecule has 0 atom stereocenters. The topological polar surface area (TPSA) is 4.36 Å². The van der Waals surface area contributed by atoms with Crippen molar-refractivity contribution in [1.82, 2.24) is 0 Å². The molecule has 2 aromatic rings. The standard InChI is InChI=1S/C13H9NS/c1-14-11-7-9-13(10-8-11)15-12-5-3-2-4-6-12/h2-10H. The smallest absolute Gasteiger partial charge is 0.187 e. The van der Waals surface area contributed by atoms with Crippen LogP contribution in [0.1, 0.15) is 0 Å². The van der Waals surface area contributed by atoms with Crippen LogP contribution < -0.4 is 0 Å². The highest BCUT2D eigenvalue weighted by Crippen LogP contribution is 2.28. The normalized spacial score (nSPS) is 9.53. The summed E-state index contributed by atoms with van der Waals surface area (Å²) in [5, 5.41) is 0. The maximum atomic E-state index is 6.85. The molecule has 0 fully saturated rings. The molecule has 0 saturated heterocycles. The Morgan fingerprint density at radius 1 is 0.800 bits per heavy atom. The third-order valence-electron chi connectivity index (χ3n) is 1.94. The van der Waals surface area contributed by atoms with E-state index in [1.807, 2.05) is 42.5 Å². The lowest BCUT2D eigenvalue weighted by Crippen LogP contribution is -1.71. The van der Waals surface area contributed by atoms with Gasteiger partial charge in [-0.05, 0) is 12.1 Å². The van der Waals surface area contributed by atoms with Crippen molar-refractivity contribution in [2.24, 2.45) is 0 Å². The van der Waals surface area contributed by atoms with Crippen LogP contribution in [0, 0.1) is 6.57 Å². The molecule has 72 valence electrons. The quantitative estimate of drug-likeness (QED) is 0.667. The lowest BCUT2D eigenvalue weighted by molar-refractivity contribution is 1.41. The molecule has 0 amide bonds. The van der Waals surface area contributed by atoms with E-state index in [-0.39, 0.29) is 0 Å². The number of hydrogen-bond acceptors (Lipinski definition) is 1. The van der Waals surface area contributed by atoms with Gasteiger partial charge in [0.1, 0.15) is 0 Å². The maximum absolute atomic E-state index is 6.85. The first kappa shape index (κ1) is 9.82. The van der Waals surface area contributed by atoms with Gasteiger partial charge in [-0.25, -0.2) is 4.85 Å². The highest BCUT2D eigenvalue weighted by Gasteiger charge is 1.96. The minimum atomic E-state index is 0.687. The van der Waals surface area contributed by atoms with E-state index in [9.17, 15) is 0 Å². The van der Waals surface area contributed by atoms with Crippen molar-refractivity contribution in [2.45, 2.75) is 9.79 Å². The summed E-state index contributed by atoms with van der Waals surface area (Å²) in [4.78, 5) is 5.74. The number of hydrogen-bond donors (Lipinski definition) is 0. The molecular weight excluding hydrogens is 202 g/mol. The van der Waals surface area contributed by atoms with Crippen LogP contribution in [0.3, 0.4) is 0 Å². The van der Waals surface area contributed by atoms with Crippen LogP contribution in [0.2, 0.25) is 0 Å². The lowest BCUT2D eigenvalue weighted by Gasteiger charge is -2.00. The first-order chi connectivity index (χ1) is 7.38. The van der Waals surface area contributed by atoms with E-state index in [0.29, 0.717) is 5.69 Å². The summed E-state index contributed by atoms with van der Waals surface area (Å²) >= 11 is 1.70. The highest BCUT2D eigenvalue weighted by molar-refractivity contribution is 7.99. The van der Waals surface area contributed by atoms with Crippen molar-refractivity contribution in [3.05, 3.63) is 66.0 Å². The van der Waals surface area contributed by atoms with E-state index in [1.54, 1.807) is 11.8 Å². The van der Waals surface area contributed by atoms with Gasteiger partial charge < -0.3 is 0 Å². The third-order valence-corrected chi connectivity index (χ3v) is 2.96. The molecule has 1 nitrogen and oxygen atoms in total. The second kappa shape index (κ2) is 4.68. The Hall–Kier alpha value is -1.72.